The number of aryl methyl sites for hydroxylation is 1. The number of benzene rings is 1. The van der Waals surface area contributed by atoms with Gasteiger partial charge in [-0.3, -0.25) is 10.1 Å². The van der Waals surface area contributed by atoms with E-state index in [9.17, 15) is 10.1 Å². The summed E-state index contributed by atoms with van der Waals surface area (Å²) in [5, 5.41) is 14.6. The maximum atomic E-state index is 10.7. The maximum absolute atomic E-state index is 10.7. The highest BCUT2D eigenvalue weighted by atomic mass is 127. The van der Waals surface area contributed by atoms with Crippen LogP contribution in [0.15, 0.2) is 24.3 Å². The minimum Gasteiger partial charge on any atom is -0.377 e. The summed E-state index contributed by atoms with van der Waals surface area (Å²) in [7, 11) is 0. The van der Waals surface area contributed by atoms with Crippen LogP contribution in [0, 0.1) is 13.0 Å². The molecule has 4 nitrogen and oxygen atoms in total. The second-order valence-corrected chi connectivity index (χ2v) is 8.38. The summed E-state index contributed by atoms with van der Waals surface area (Å²) in [4.78, 5) is 11.7. The Labute approximate surface area is 144 Å². The van der Waals surface area contributed by atoms with Gasteiger partial charge in [0.1, 0.15) is 0 Å². The van der Waals surface area contributed by atoms with Crippen molar-refractivity contribution in [2.24, 2.45) is 0 Å². The van der Waals surface area contributed by atoms with Crippen molar-refractivity contribution in [2.45, 2.75) is 25.3 Å². The van der Waals surface area contributed by atoms with E-state index in [1.807, 2.05) is 11.3 Å². The number of rotatable bonds is 3. The molecule has 3 rings (SSSR count). The Hall–Kier alpha value is -0.860. The van der Waals surface area contributed by atoms with E-state index >= 15 is 0 Å². The number of fused-ring (bicyclic) bond motifs is 1. The molecule has 1 aromatic carbocycles. The predicted octanol–water partition coefficient (Wildman–Crippen LogP) is 5.40. The van der Waals surface area contributed by atoms with Gasteiger partial charge in [0.15, 0.2) is 0 Å². The minimum absolute atomic E-state index is 0.0139. The van der Waals surface area contributed by atoms with Crippen LogP contribution >= 0.6 is 45.5 Å². The van der Waals surface area contributed by atoms with E-state index in [4.69, 9.17) is 11.6 Å². The standard InChI is InChI=1S/C14H12ClIN2O2S/c15-10-6-8(18(19)20)4-5-12(10)17-11-2-1-3-13-9(11)7-14(16)21-13/h4-7,11,17H,1-3H2. The van der Waals surface area contributed by atoms with Gasteiger partial charge in [0, 0.05) is 17.0 Å². The van der Waals surface area contributed by atoms with Crippen LogP contribution in [0.2, 0.25) is 5.02 Å². The molecule has 21 heavy (non-hydrogen) atoms. The molecule has 2 aromatic rings. The Bertz CT molecular complexity index is 704. The van der Waals surface area contributed by atoms with Gasteiger partial charge in [-0.15, -0.1) is 11.3 Å². The first kappa shape index (κ1) is 15.1. The van der Waals surface area contributed by atoms with E-state index < -0.39 is 4.92 Å². The molecule has 0 radical (unpaired) electrons. The van der Waals surface area contributed by atoms with Crippen molar-refractivity contribution >= 4 is 56.9 Å². The van der Waals surface area contributed by atoms with E-state index in [1.54, 1.807) is 6.07 Å². The van der Waals surface area contributed by atoms with E-state index in [0.29, 0.717) is 5.02 Å². The Morgan fingerprint density at radius 1 is 1.43 bits per heavy atom. The molecule has 0 fully saturated rings. The smallest absolute Gasteiger partial charge is 0.271 e. The molecule has 7 heteroatoms. The molecular weight excluding hydrogens is 423 g/mol. The Morgan fingerprint density at radius 3 is 2.95 bits per heavy atom. The number of nitrogens with zero attached hydrogens (tertiary/aromatic N) is 1. The fraction of sp³-hybridized carbons (Fsp3) is 0.286. The highest BCUT2D eigenvalue weighted by Crippen LogP contribution is 2.39. The summed E-state index contributed by atoms with van der Waals surface area (Å²) in [6.45, 7) is 0. The van der Waals surface area contributed by atoms with Gasteiger partial charge >= 0.3 is 0 Å². The molecule has 1 unspecified atom stereocenters. The molecule has 1 aromatic heterocycles. The van der Waals surface area contributed by atoms with Crippen LogP contribution in [-0.2, 0) is 6.42 Å². The van der Waals surface area contributed by atoms with Gasteiger partial charge in [-0.25, -0.2) is 0 Å². The SMILES string of the molecule is O=[N+]([O-])c1ccc(NC2CCCc3sc(I)cc32)c(Cl)c1. The summed E-state index contributed by atoms with van der Waals surface area (Å²) in [5.41, 5.74) is 2.10. The van der Waals surface area contributed by atoms with Gasteiger partial charge in [-0.05, 0) is 59.5 Å². The van der Waals surface area contributed by atoms with Crippen LogP contribution in [0.25, 0.3) is 0 Å². The zero-order valence-electron chi connectivity index (χ0n) is 10.9. The van der Waals surface area contributed by atoms with E-state index in [2.05, 4.69) is 34.0 Å². The molecule has 1 aliphatic carbocycles. The van der Waals surface area contributed by atoms with Gasteiger partial charge in [0.2, 0.25) is 0 Å². The predicted molar refractivity (Wildman–Crippen MR) is 94.4 cm³/mol. The first-order valence-corrected chi connectivity index (χ1v) is 8.80. The monoisotopic (exact) mass is 434 g/mol. The average molecular weight is 435 g/mol. The molecule has 1 heterocycles. The van der Waals surface area contributed by atoms with Crippen molar-refractivity contribution < 1.29 is 4.92 Å². The van der Waals surface area contributed by atoms with Crippen molar-refractivity contribution in [3.05, 3.63) is 52.7 Å². The van der Waals surface area contributed by atoms with Gasteiger partial charge < -0.3 is 5.32 Å². The van der Waals surface area contributed by atoms with Crippen LogP contribution in [-0.4, -0.2) is 4.92 Å². The van der Waals surface area contributed by atoms with Gasteiger partial charge in [-0.2, -0.15) is 0 Å². The number of nitrogens with one attached hydrogen (secondary N) is 1. The highest BCUT2D eigenvalue weighted by Gasteiger charge is 2.23. The zero-order valence-corrected chi connectivity index (χ0v) is 14.7. The lowest BCUT2D eigenvalue weighted by atomic mass is 9.94. The van der Waals surface area contributed by atoms with Crippen molar-refractivity contribution in [1.29, 1.82) is 0 Å². The normalized spacial score (nSPS) is 17.3. The number of nitro benzene ring substituents is 1. The molecule has 0 saturated carbocycles. The fourth-order valence-electron chi connectivity index (χ4n) is 2.59. The number of non-ortho nitro benzene ring substituents is 1. The van der Waals surface area contributed by atoms with Gasteiger partial charge in [-0.1, -0.05) is 11.6 Å². The molecule has 0 aliphatic heterocycles. The minimum atomic E-state index is -0.435. The molecule has 0 bridgehead atoms. The summed E-state index contributed by atoms with van der Waals surface area (Å²) < 4.78 is 1.29. The van der Waals surface area contributed by atoms with E-state index in [0.717, 1.165) is 24.9 Å². The summed E-state index contributed by atoms with van der Waals surface area (Å²) in [6, 6.07) is 7.01. The van der Waals surface area contributed by atoms with Crippen LogP contribution in [0.1, 0.15) is 29.3 Å². The second kappa shape index (κ2) is 6.10. The molecule has 1 atom stereocenters. The largest absolute Gasteiger partial charge is 0.377 e. The number of anilines is 1. The lowest BCUT2D eigenvalue weighted by molar-refractivity contribution is -0.384. The first-order chi connectivity index (χ1) is 10.0. The molecule has 0 spiro atoms. The molecule has 0 saturated heterocycles. The molecular formula is C14H12ClIN2O2S. The van der Waals surface area contributed by atoms with Crippen molar-refractivity contribution in [2.75, 3.05) is 5.32 Å². The number of hydrogen-bond acceptors (Lipinski definition) is 4. The quantitative estimate of drug-likeness (QED) is 0.399. The number of nitro groups is 1. The number of halogens is 2. The molecule has 110 valence electrons. The zero-order chi connectivity index (χ0) is 15.0. The van der Waals surface area contributed by atoms with E-state index in [-0.39, 0.29) is 11.7 Å². The topological polar surface area (TPSA) is 55.2 Å². The van der Waals surface area contributed by atoms with Crippen molar-refractivity contribution in [3.8, 4) is 0 Å². The Morgan fingerprint density at radius 2 is 2.24 bits per heavy atom. The summed E-state index contributed by atoms with van der Waals surface area (Å²) >= 11 is 10.3. The lowest BCUT2D eigenvalue weighted by Crippen LogP contribution is -2.15. The summed E-state index contributed by atoms with van der Waals surface area (Å²) in [5.74, 6) is 0. The van der Waals surface area contributed by atoms with Gasteiger partial charge in [0.25, 0.3) is 5.69 Å². The van der Waals surface area contributed by atoms with Crippen LogP contribution in [0.4, 0.5) is 11.4 Å². The molecule has 0 amide bonds. The van der Waals surface area contributed by atoms with Crippen LogP contribution in [0.3, 0.4) is 0 Å². The maximum Gasteiger partial charge on any atom is 0.271 e. The Kier molecular flexibility index (Phi) is 4.37. The third-order valence-corrected chi connectivity index (χ3v) is 5.86. The number of thiophene rings is 1. The van der Waals surface area contributed by atoms with Crippen molar-refractivity contribution in [1.82, 2.24) is 0 Å². The van der Waals surface area contributed by atoms with E-state index in [1.165, 1.54) is 25.5 Å². The second-order valence-electron chi connectivity index (χ2n) is 4.94. The van der Waals surface area contributed by atoms with Gasteiger partial charge in [0.05, 0.1) is 24.6 Å². The average Bonchev–Trinajstić information content (AvgIpc) is 2.82. The van der Waals surface area contributed by atoms with Crippen LogP contribution < -0.4 is 5.32 Å². The first-order valence-electron chi connectivity index (χ1n) is 6.53. The third-order valence-electron chi connectivity index (χ3n) is 3.58. The third kappa shape index (κ3) is 3.17. The lowest BCUT2D eigenvalue weighted by Gasteiger charge is -2.25. The summed E-state index contributed by atoms with van der Waals surface area (Å²) in [6.07, 6.45) is 3.33. The Balaban J connectivity index is 1.86. The fourth-order valence-corrected chi connectivity index (χ4v) is 4.94. The van der Waals surface area contributed by atoms with Crippen LogP contribution in [0.5, 0.6) is 0 Å². The molecule has 1 N–H and O–H groups in total. The number of hydrogen-bond donors (Lipinski definition) is 1. The van der Waals surface area contributed by atoms with Crippen molar-refractivity contribution in [3.63, 3.8) is 0 Å². The highest BCUT2D eigenvalue weighted by molar-refractivity contribution is 14.1. The molecule has 1 aliphatic rings.